The van der Waals surface area contributed by atoms with Crippen LogP contribution in [0.1, 0.15) is 12.8 Å². The van der Waals surface area contributed by atoms with Crippen LogP contribution in [0.25, 0.3) is 0 Å². The van der Waals surface area contributed by atoms with E-state index in [1.54, 1.807) is 12.1 Å². The van der Waals surface area contributed by atoms with E-state index in [1.165, 1.54) is 6.07 Å². The van der Waals surface area contributed by atoms with E-state index in [-0.39, 0.29) is 17.5 Å². The second kappa shape index (κ2) is 5.54. The number of ether oxygens (including phenoxy) is 1. The van der Waals surface area contributed by atoms with Gasteiger partial charge in [0.05, 0.1) is 9.95 Å². The van der Waals surface area contributed by atoms with Crippen LogP contribution < -0.4 is 4.74 Å². The molecule has 0 atom stereocenters. The summed E-state index contributed by atoms with van der Waals surface area (Å²) in [6.45, 7) is 1.87. The summed E-state index contributed by atoms with van der Waals surface area (Å²) in [5.74, 6) is 0.193. The molecule has 0 unspecified atom stereocenters. The van der Waals surface area contributed by atoms with Crippen molar-refractivity contribution in [2.75, 3.05) is 20.1 Å². The van der Waals surface area contributed by atoms with Gasteiger partial charge in [0.1, 0.15) is 6.10 Å². The fraction of sp³-hybridized carbons (Fsp3) is 0.500. The molecule has 6 heteroatoms. The topological polar surface area (TPSA) is 55.6 Å². The molecule has 0 radical (unpaired) electrons. The third-order valence-electron chi connectivity index (χ3n) is 3.09. The van der Waals surface area contributed by atoms with E-state index in [1.807, 2.05) is 7.05 Å². The maximum atomic E-state index is 10.9. The maximum Gasteiger partial charge on any atom is 0.312 e. The Labute approximate surface area is 110 Å². The molecule has 2 rings (SSSR count). The predicted molar refractivity (Wildman–Crippen MR) is 69.3 cm³/mol. The van der Waals surface area contributed by atoms with Crippen molar-refractivity contribution < 1.29 is 9.66 Å². The zero-order valence-corrected chi connectivity index (χ0v) is 10.9. The van der Waals surface area contributed by atoms with Gasteiger partial charge in [-0.25, -0.2) is 0 Å². The van der Waals surface area contributed by atoms with E-state index in [0.29, 0.717) is 5.02 Å². The monoisotopic (exact) mass is 270 g/mol. The van der Waals surface area contributed by atoms with Crippen LogP contribution in [0.4, 0.5) is 5.69 Å². The largest absolute Gasteiger partial charge is 0.482 e. The molecule has 0 amide bonds. The quantitative estimate of drug-likeness (QED) is 0.626. The van der Waals surface area contributed by atoms with Crippen LogP contribution in [-0.4, -0.2) is 36.1 Å². The van der Waals surface area contributed by atoms with E-state index in [4.69, 9.17) is 16.3 Å². The van der Waals surface area contributed by atoms with Gasteiger partial charge in [-0.1, -0.05) is 17.7 Å². The summed E-state index contributed by atoms with van der Waals surface area (Å²) in [6.07, 6.45) is 1.72. The number of rotatable bonds is 3. The first-order valence-corrected chi connectivity index (χ1v) is 6.24. The standard InChI is InChI=1S/C12H15ClN2O3/c1-14-7-5-9(6-8-14)18-12-10(13)3-2-4-11(12)15(16)17/h2-4,9H,5-8H2,1H3. The number of hydrogen-bond donors (Lipinski definition) is 0. The second-order valence-electron chi connectivity index (χ2n) is 4.47. The van der Waals surface area contributed by atoms with Crippen molar-refractivity contribution in [3.63, 3.8) is 0 Å². The molecule has 1 aromatic carbocycles. The minimum Gasteiger partial charge on any atom is -0.482 e. The van der Waals surface area contributed by atoms with Crippen molar-refractivity contribution in [3.8, 4) is 5.75 Å². The first-order valence-electron chi connectivity index (χ1n) is 5.86. The molecular formula is C12H15ClN2O3. The Balaban J connectivity index is 2.15. The molecule has 1 aromatic rings. The van der Waals surface area contributed by atoms with Crippen LogP contribution in [-0.2, 0) is 0 Å². The minimum absolute atomic E-state index is 0.000185. The number of halogens is 1. The summed E-state index contributed by atoms with van der Waals surface area (Å²) >= 11 is 5.98. The van der Waals surface area contributed by atoms with Gasteiger partial charge >= 0.3 is 5.69 Å². The Hall–Kier alpha value is -1.33. The number of nitro groups is 1. The van der Waals surface area contributed by atoms with Crippen molar-refractivity contribution >= 4 is 17.3 Å². The van der Waals surface area contributed by atoms with Gasteiger partial charge in [0.15, 0.2) is 0 Å². The fourth-order valence-corrected chi connectivity index (χ4v) is 2.24. The van der Waals surface area contributed by atoms with Gasteiger partial charge < -0.3 is 9.64 Å². The van der Waals surface area contributed by atoms with Crippen LogP contribution in [0.15, 0.2) is 18.2 Å². The molecule has 98 valence electrons. The Morgan fingerprint density at radius 2 is 2.11 bits per heavy atom. The van der Waals surface area contributed by atoms with Gasteiger partial charge in [-0.15, -0.1) is 0 Å². The smallest absolute Gasteiger partial charge is 0.312 e. The summed E-state index contributed by atoms with van der Waals surface area (Å²) in [7, 11) is 2.05. The summed E-state index contributed by atoms with van der Waals surface area (Å²) in [5.41, 5.74) is -0.0681. The summed E-state index contributed by atoms with van der Waals surface area (Å²) in [5, 5.41) is 11.2. The third-order valence-corrected chi connectivity index (χ3v) is 3.39. The summed E-state index contributed by atoms with van der Waals surface area (Å²) in [4.78, 5) is 12.7. The Morgan fingerprint density at radius 3 is 2.72 bits per heavy atom. The molecule has 5 nitrogen and oxygen atoms in total. The second-order valence-corrected chi connectivity index (χ2v) is 4.87. The molecule has 1 aliphatic rings. The van der Waals surface area contributed by atoms with Gasteiger partial charge in [0, 0.05) is 19.2 Å². The van der Waals surface area contributed by atoms with Gasteiger partial charge in [-0.2, -0.15) is 0 Å². The molecule has 0 aromatic heterocycles. The Morgan fingerprint density at radius 1 is 1.44 bits per heavy atom. The highest BCUT2D eigenvalue weighted by Crippen LogP contribution is 2.36. The lowest BCUT2D eigenvalue weighted by Crippen LogP contribution is -2.35. The van der Waals surface area contributed by atoms with Gasteiger partial charge in [0.2, 0.25) is 5.75 Å². The highest BCUT2D eigenvalue weighted by atomic mass is 35.5. The van der Waals surface area contributed by atoms with Crippen LogP contribution in [0.2, 0.25) is 5.02 Å². The third kappa shape index (κ3) is 2.91. The summed E-state index contributed by atoms with van der Waals surface area (Å²) < 4.78 is 5.73. The lowest BCUT2D eigenvalue weighted by Gasteiger charge is -2.29. The fourth-order valence-electron chi connectivity index (χ4n) is 2.03. The van der Waals surface area contributed by atoms with Crippen LogP contribution >= 0.6 is 11.6 Å². The van der Waals surface area contributed by atoms with E-state index < -0.39 is 4.92 Å². The van der Waals surface area contributed by atoms with Gasteiger partial charge in [0.25, 0.3) is 0 Å². The SMILES string of the molecule is CN1CCC(Oc2c(Cl)cccc2[N+](=O)[O-])CC1. The molecular weight excluding hydrogens is 256 g/mol. The molecule has 0 saturated carbocycles. The van der Waals surface area contributed by atoms with Gasteiger partial charge in [-0.3, -0.25) is 10.1 Å². The molecule has 1 fully saturated rings. The van der Waals surface area contributed by atoms with Crippen LogP contribution in [0.3, 0.4) is 0 Å². The molecule has 0 spiro atoms. The molecule has 18 heavy (non-hydrogen) atoms. The van der Waals surface area contributed by atoms with Crippen molar-refractivity contribution in [3.05, 3.63) is 33.3 Å². The van der Waals surface area contributed by atoms with E-state index >= 15 is 0 Å². The number of benzene rings is 1. The van der Waals surface area contributed by atoms with Crippen molar-refractivity contribution in [1.29, 1.82) is 0 Å². The van der Waals surface area contributed by atoms with E-state index in [9.17, 15) is 10.1 Å². The van der Waals surface area contributed by atoms with Crippen LogP contribution in [0.5, 0.6) is 5.75 Å². The predicted octanol–water partition coefficient (Wildman–Crippen LogP) is 2.72. The Bertz CT molecular complexity index is 445. The lowest BCUT2D eigenvalue weighted by molar-refractivity contribution is -0.386. The molecule has 0 N–H and O–H groups in total. The number of likely N-dealkylation sites (tertiary alicyclic amines) is 1. The number of piperidine rings is 1. The number of para-hydroxylation sites is 1. The maximum absolute atomic E-state index is 10.9. The zero-order valence-electron chi connectivity index (χ0n) is 10.1. The first-order chi connectivity index (χ1) is 8.58. The highest BCUT2D eigenvalue weighted by Gasteiger charge is 2.24. The normalized spacial score (nSPS) is 17.7. The average Bonchev–Trinajstić information content (AvgIpc) is 2.34. The lowest BCUT2D eigenvalue weighted by atomic mass is 10.1. The molecule has 1 heterocycles. The zero-order chi connectivity index (χ0) is 13.1. The molecule has 0 aliphatic carbocycles. The number of hydrogen-bond acceptors (Lipinski definition) is 4. The summed E-state index contributed by atoms with van der Waals surface area (Å²) in [6, 6.07) is 4.58. The van der Waals surface area contributed by atoms with Gasteiger partial charge in [-0.05, 0) is 26.0 Å². The van der Waals surface area contributed by atoms with E-state index in [2.05, 4.69) is 4.90 Å². The Kier molecular flexibility index (Phi) is 4.04. The first kappa shape index (κ1) is 13.1. The highest BCUT2D eigenvalue weighted by molar-refractivity contribution is 6.32. The number of nitrogens with zero attached hydrogens (tertiary/aromatic N) is 2. The average molecular weight is 271 g/mol. The molecule has 0 bridgehead atoms. The van der Waals surface area contributed by atoms with Crippen molar-refractivity contribution in [2.45, 2.75) is 18.9 Å². The van der Waals surface area contributed by atoms with E-state index in [0.717, 1.165) is 25.9 Å². The molecule has 1 aliphatic heterocycles. The van der Waals surface area contributed by atoms with Crippen LogP contribution in [0, 0.1) is 10.1 Å². The molecule has 1 saturated heterocycles. The minimum atomic E-state index is -0.462. The number of nitro benzene ring substituents is 1. The van der Waals surface area contributed by atoms with Crippen molar-refractivity contribution in [1.82, 2.24) is 4.90 Å². The van der Waals surface area contributed by atoms with Crippen molar-refractivity contribution in [2.24, 2.45) is 0 Å².